The fourth-order valence-corrected chi connectivity index (χ4v) is 4.37. The number of carbonyl (C=O) groups is 1. The SMILES string of the molecule is C/C(CC(C)(C)c1ccccc1)=N/NC(=O)CN(c1ccc(C)cc1C)S(C)(=O)=O. The fourth-order valence-electron chi connectivity index (χ4n) is 3.46. The number of hydrogen-bond donors (Lipinski definition) is 1. The molecule has 1 N–H and O–H groups in total. The van der Waals surface area contributed by atoms with Gasteiger partial charge in [-0.1, -0.05) is 61.9 Å². The number of nitrogens with zero attached hydrogens (tertiary/aromatic N) is 2. The molecule has 6 nitrogen and oxygen atoms in total. The van der Waals surface area contributed by atoms with Crippen molar-refractivity contribution in [1.82, 2.24) is 5.43 Å². The Kier molecular flexibility index (Phi) is 7.42. The van der Waals surface area contributed by atoms with Gasteiger partial charge in [-0.2, -0.15) is 5.10 Å². The molecule has 162 valence electrons. The number of hydrogen-bond acceptors (Lipinski definition) is 4. The van der Waals surface area contributed by atoms with Crippen LogP contribution in [0.15, 0.2) is 53.6 Å². The van der Waals surface area contributed by atoms with Crippen molar-refractivity contribution in [1.29, 1.82) is 0 Å². The molecule has 0 aliphatic heterocycles. The van der Waals surface area contributed by atoms with Crippen LogP contribution in [0.2, 0.25) is 0 Å². The largest absolute Gasteiger partial charge is 0.271 e. The summed E-state index contributed by atoms with van der Waals surface area (Å²) < 4.78 is 25.7. The molecule has 7 heteroatoms. The van der Waals surface area contributed by atoms with E-state index < -0.39 is 15.9 Å². The van der Waals surface area contributed by atoms with Gasteiger partial charge in [-0.15, -0.1) is 0 Å². The van der Waals surface area contributed by atoms with E-state index in [1.165, 1.54) is 5.56 Å². The lowest BCUT2D eigenvalue weighted by Crippen LogP contribution is -2.39. The smallest absolute Gasteiger partial charge is 0.260 e. The van der Waals surface area contributed by atoms with Crippen LogP contribution >= 0.6 is 0 Å². The van der Waals surface area contributed by atoms with Crippen molar-refractivity contribution >= 4 is 27.3 Å². The van der Waals surface area contributed by atoms with Crippen LogP contribution in [-0.2, 0) is 20.2 Å². The molecule has 0 aromatic heterocycles. The number of carbonyl (C=O) groups excluding carboxylic acids is 1. The van der Waals surface area contributed by atoms with Crippen molar-refractivity contribution in [2.45, 2.75) is 46.5 Å². The highest BCUT2D eigenvalue weighted by molar-refractivity contribution is 7.92. The maximum Gasteiger partial charge on any atom is 0.260 e. The number of benzene rings is 2. The minimum absolute atomic E-state index is 0.141. The van der Waals surface area contributed by atoms with Gasteiger partial charge in [-0.05, 0) is 49.8 Å². The van der Waals surface area contributed by atoms with E-state index in [0.717, 1.165) is 27.4 Å². The van der Waals surface area contributed by atoms with E-state index in [0.29, 0.717) is 12.1 Å². The van der Waals surface area contributed by atoms with E-state index >= 15 is 0 Å². The Morgan fingerprint density at radius 1 is 1.10 bits per heavy atom. The summed E-state index contributed by atoms with van der Waals surface area (Å²) in [7, 11) is -3.63. The number of nitrogens with one attached hydrogen (secondary N) is 1. The Bertz CT molecular complexity index is 1030. The summed E-state index contributed by atoms with van der Waals surface area (Å²) in [5.74, 6) is -0.489. The molecule has 2 rings (SSSR count). The Hall–Kier alpha value is -2.67. The second kappa shape index (κ2) is 9.43. The third kappa shape index (κ3) is 6.42. The third-order valence-corrected chi connectivity index (χ3v) is 6.06. The topological polar surface area (TPSA) is 78.8 Å². The van der Waals surface area contributed by atoms with Gasteiger partial charge >= 0.3 is 0 Å². The summed E-state index contributed by atoms with van der Waals surface area (Å²) in [6, 6.07) is 15.5. The number of rotatable bonds is 8. The predicted molar refractivity (Wildman–Crippen MR) is 123 cm³/mol. The summed E-state index contributed by atoms with van der Waals surface area (Å²) >= 11 is 0. The highest BCUT2D eigenvalue weighted by Gasteiger charge is 2.23. The molecular formula is C23H31N3O3S. The van der Waals surface area contributed by atoms with E-state index in [4.69, 9.17) is 0 Å². The standard InChI is InChI=1S/C23H31N3O3S/c1-17-12-13-21(18(2)14-17)26(30(6,28)29)16-22(27)25-24-19(3)15-23(4,5)20-10-8-7-9-11-20/h7-14H,15-16H2,1-6H3,(H,25,27)/b24-19-. The van der Waals surface area contributed by atoms with Gasteiger partial charge in [0.15, 0.2) is 0 Å². The van der Waals surface area contributed by atoms with Crippen LogP contribution in [0.1, 0.15) is 43.9 Å². The monoisotopic (exact) mass is 429 g/mol. The van der Waals surface area contributed by atoms with Crippen molar-refractivity contribution in [2.75, 3.05) is 17.1 Å². The molecule has 30 heavy (non-hydrogen) atoms. The zero-order valence-electron chi connectivity index (χ0n) is 18.6. The van der Waals surface area contributed by atoms with Gasteiger partial charge in [-0.3, -0.25) is 9.10 Å². The normalized spacial score (nSPS) is 12.5. The maximum absolute atomic E-state index is 12.5. The quantitative estimate of drug-likeness (QED) is 0.510. The first-order valence-electron chi connectivity index (χ1n) is 9.82. The molecule has 1 amide bonds. The molecule has 0 aliphatic carbocycles. The average Bonchev–Trinajstić information content (AvgIpc) is 2.64. The van der Waals surface area contributed by atoms with Crippen molar-refractivity contribution in [2.24, 2.45) is 5.10 Å². The number of sulfonamides is 1. The van der Waals surface area contributed by atoms with E-state index in [9.17, 15) is 13.2 Å². The van der Waals surface area contributed by atoms with Crippen LogP contribution in [-0.4, -0.2) is 32.8 Å². The van der Waals surface area contributed by atoms with E-state index in [1.807, 2.05) is 51.1 Å². The highest BCUT2D eigenvalue weighted by atomic mass is 32.2. The van der Waals surface area contributed by atoms with Gasteiger partial charge in [-0.25, -0.2) is 13.8 Å². The number of hydrazone groups is 1. The van der Waals surface area contributed by atoms with E-state index in [1.54, 1.807) is 6.07 Å². The lowest BCUT2D eigenvalue weighted by Gasteiger charge is -2.25. The molecule has 0 aliphatic rings. The maximum atomic E-state index is 12.5. The lowest BCUT2D eigenvalue weighted by atomic mass is 9.80. The van der Waals surface area contributed by atoms with Gasteiger partial charge in [0.05, 0.1) is 11.9 Å². The van der Waals surface area contributed by atoms with Crippen LogP contribution in [0, 0.1) is 13.8 Å². The summed E-state index contributed by atoms with van der Waals surface area (Å²) in [6.07, 6.45) is 1.75. The Labute approximate surface area is 180 Å². The first kappa shape index (κ1) is 23.6. The molecule has 0 spiro atoms. The molecule has 0 radical (unpaired) electrons. The molecule has 0 heterocycles. The van der Waals surface area contributed by atoms with Crippen LogP contribution in [0.5, 0.6) is 0 Å². The van der Waals surface area contributed by atoms with E-state index in [-0.39, 0.29) is 12.0 Å². The lowest BCUT2D eigenvalue weighted by molar-refractivity contribution is -0.119. The highest BCUT2D eigenvalue weighted by Crippen LogP contribution is 2.27. The Morgan fingerprint density at radius 3 is 2.30 bits per heavy atom. The molecule has 0 saturated heterocycles. The van der Waals surface area contributed by atoms with Gasteiger partial charge in [0.1, 0.15) is 6.54 Å². The second-order valence-corrected chi connectivity index (χ2v) is 10.3. The number of anilines is 1. The van der Waals surface area contributed by atoms with Gasteiger partial charge < -0.3 is 0 Å². The average molecular weight is 430 g/mol. The summed E-state index contributed by atoms with van der Waals surface area (Å²) in [5, 5.41) is 4.20. The molecule has 0 saturated carbocycles. The van der Waals surface area contributed by atoms with Gasteiger partial charge in [0.25, 0.3) is 5.91 Å². The van der Waals surface area contributed by atoms with Gasteiger partial charge in [0, 0.05) is 5.71 Å². The number of aryl methyl sites for hydroxylation is 2. The van der Waals surface area contributed by atoms with Crippen molar-refractivity contribution in [3.05, 3.63) is 65.2 Å². The van der Waals surface area contributed by atoms with Crippen molar-refractivity contribution in [3.63, 3.8) is 0 Å². The summed E-state index contributed by atoms with van der Waals surface area (Å²) in [5.41, 5.74) is 6.61. The Balaban J connectivity index is 2.10. The van der Waals surface area contributed by atoms with Crippen molar-refractivity contribution in [3.8, 4) is 0 Å². The minimum Gasteiger partial charge on any atom is -0.271 e. The van der Waals surface area contributed by atoms with Gasteiger partial charge in [0.2, 0.25) is 10.0 Å². The minimum atomic E-state index is -3.63. The number of amides is 1. The summed E-state index contributed by atoms with van der Waals surface area (Å²) in [4.78, 5) is 12.5. The molecule has 0 bridgehead atoms. The Morgan fingerprint density at radius 2 is 1.73 bits per heavy atom. The first-order valence-corrected chi connectivity index (χ1v) is 11.7. The van der Waals surface area contributed by atoms with E-state index in [2.05, 4.69) is 36.5 Å². The zero-order chi connectivity index (χ0) is 22.5. The summed E-state index contributed by atoms with van der Waals surface area (Å²) in [6.45, 7) is 9.52. The predicted octanol–water partition coefficient (Wildman–Crippen LogP) is 3.93. The fraction of sp³-hybridized carbons (Fsp3) is 0.391. The molecular weight excluding hydrogens is 398 g/mol. The first-order chi connectivity index (χ1) is 13.9. The van der Waals surface area contributed by atoms with Crippen LogP contribution in [0.3, 0.4) is 0 Å². The van der Waals surface area contributed by atoms with Crippen molar-refractivity contribution < 1.29 is 13.2 Å². The molecule has 0 fully saturated rings. The second-order valence-electron chi connectivity index (χ2n) is 8.37. The van der Waals surface area contributed by atoms with Crippen LogP contribution in [0.25, 0.3) is 0 Å². The molecule has 0 unspecified atom stereocenters. The van der Waals surface area contributed by atoms with Crippen LogP contribution < -0.4 is 9.73 Å². The van der Waals surface area contributed by atoms with Crippen LogP contribution in [0.4, 0.5) is 5.69 Å². The molecule has 2 aromatic carbocycles. The molecule has 0 atom stereocenters. The zero-order valence-corrected chi connectivity index (χ0v) is 19.4. The third-order valence-electron chi connectivity index (χ3n) is 4.93. The molecule has 2 aromatic rings.